The molecular weight excluding hydrogens is 222 g/mol. The molecule has 96 valence electrons. The van der Waals surface area contributed by atoms with E-state index in [0.29, 0.717) is 5.71 Å². The summed E-state index contributed by atoms with van der Waals surface area (Å²) in [7, 11) is 1.55. The van der Waals surface area contributed by atoms with E-state index < -0.39 is 17.2 Å². The largest absolute Gasteiger partial charge is 0.444 e. The smallest absolute Gasteiger partial charge is 0.408 e. The van der Waals surface area contributed by atoms with Gasteiger partial charge in [0.1, 0.15) is 5.60 Å². The molecule has 0 radical (unpaired) electrons. The zero-order valence-corrected chi connectivity index (χ0v) is 11.1. The molecule has 1 aliphatic heterocycles. The van der Waals surface area contributed by atoms with Crippen LogP contribution in [0.3, 0.4) is 0 Å². The Morgan fingerprint density at radius 2 is 2.00 bits per heavy atom. The molecule has 0 saturated heterocycles. The molecular formula is C11H19N3O3. The highest BCUT2D eigenvalue weighted by Gasteiger charge is 2.45. The molecule has 1 N–H and O–H groups in total. The monoisotopic (exact) mass is 241 g/mol. The van der Waals surface area contributed by atoms with Crippen molar-refractivity contribution in [1.29, 1.82) is 0 Å². The lowest BCUT2D eigenvalue weighted by Crippen LogP contribution is -2.57. The SMILES string of the molecule is CC1=NN(C)C(=O)C1(C)NC(=O)OC(C)(C)C. The second-order valence-electron chi connectivity index (χ2n) is 5.27. The average Bonchev–Trinajstić information content (AvgIpc) is 2.27. The molecule has 0 saturated carbocycles. The Labute approximate surface area is 101 Å². The van der Waals surface area contributed by atoms with Crippen molar-refractivity contribution in [1.82, 2.24) is 10.3 Å². The van der Waals surface area contributed by atoms with Crippen LogP contribution in [0.1, 0.15) is 34.6 Å². The first-order valence-electron chi connectivity index (χ1n) is 5.41. The molecule has 0 aliphatic carbocycles. The number of carbonyl (C=O) groups excluding carboxylic acids is 2. The Kier molecular flexibility index (Phi) is 3.18. The van der Waals surface area contributed by atoms with Crippen LogP contribution in [0.4, 0.5) is 4.79 Å². The summed E-state index contributed by atoms with van der Waals surface area (Å²) < 4.78 is 5.12. The van der Waals surface area contributed by atoms with Crippen LogP contribution in [0.15, 0.2) is 5.10 Å². The van der Waals surface area contributed by atoms with Gasteiger partial charge in [-0.1, -0.05) is 0 Å². The fourth-order valence-corrected chi connectivity index (χ4v) is 1.50. The summed E-state index contributed by atoms with van der Waals surface area (Å²) in [5.74, 6) is -0.277. The molecule has 6 heteroatoms. The number of alkyl carbamates (subject to hydrolysis) is 1. The molecule has 2 amide bonds. The van der Waals surface area contributed by atoms with Gasteiger partial charge in [0.05, 0.1) is 5.71 Å². The van der Waals surface area contributed by atoms with Gasteiger partial charge in [-0.25, -0.2) is 9.80 Å². The first kappa shape index (κ1) is 13.5. The van der Waals surface area contributed by atoms with Crippen molar-refractivity contribution in [2.75, 3.05) is 7.05 Å². The minimum atomic E-state index is -1.11. The fourth-order valence-electron chi connectivity index (χ4n) is 1.50. The van der Waals surface area contributed by atoms with E-state index in [1.807, 2.05) is 0 Å². The molecule has 0 spiro atoms. The van der Waals surface area contributed by atoms with Crippen LogP contribution >= 0.6 is 0 Å². The highest BCUT2D eigenvalue weighted by molar-refractivity contribution is 6.16. The third-order valence-corrected chi connectivity index (χ3v) is 2.50. The first-order valence-corrected chi connectivity index (χ1v) is 5.41. The maximum atomic E-state index is 11.9. The summed E-state index contributed by atoms with van der Waals surface area (Å²) in [5.41, 5.74) is -1.17. The predicted molar refractivity (Wildman–Crippen MR) is 63.7 cm³/mol. The van der Waals surface area contributed by atoms with Crippen LogP contribution in [0.25, 0.3) is 0 Å². The average molecular weight is 241 g/mol. The molecule has 0 bridgehead atoms. The number of carbonyl (C=O) groups is 2. The maximum Gasteiger partial charge on any atom is 0.408 e. The lowest BCUT2D eigenvalue weighted by molar-refractivity contribution is -0.132. The van der Waals surface area contributed by atoms with Crippen LogP contribution in [0, 0.1) is 0 Å². The van der Waals surface area contributed by atoms with Gasteiger partial charge in [-0.15, -0.1) is 0 Å². The summed E-state index contributed by atoms with van der Waals surface area (Å²) in [5, 5.41) is 7.78. The Hall–Kier alpha value is -1.59. The molecule has 0 aromatic rings. The zero-order valence-electron chi connectivity index (χ0n) is 11.1. The van der Waals surface area contributed by atoms with Gasteiger partial charge in [-0.3, -0.25) is 4.79 Å². The van der Waals surface area contributed by atoms with E-state index in [9.17, 15) is 9.59 Å². The molecule has 0 fully saturated rings. The van der Waals surface area contributed by atoms with Crippen molar-refractivity contribution in [3.05, 3.63) is 0 Å². The molecule has 1 heterocycles. The number of rotatable bonds is 1. The lowest BCUT2D eigenvalue weighted by atomic mass is 9.97. The first-order chi connectivity index (χ1) is 7.56. The number of hydrogen-bond donors (Lipinski definition) is 1. The standard InChI is InChI=1S/C11H19N3O3/c1-7-11(5,8(15)14(6)13-7)12-9(16)17-10(2,3)4/h1-6H3,(H,12,16). The second kappa shape index (κ2) is 4.01. The van der Waals surface area contributed by atoms with Crippen molar-refractivity contribution in [2.45, 2.75) is 45.8 Å². The van der Waals surface area contributed by atoms with E-state index in [1.54, 1.807) is 41.7 Å². The van der Waals surface area contributed by atoms with E-state index in [2.05, 4.69) is 10.4 Å². The summed E-state index contributed by atoms with van der Waals surface area (Å²) >= 11 is 0. The number of nitrogens with one attached hydrogen (secondary N) is 1. The molecule has 17 heavy (non-hydrogen) atoms. The van der Waals surface area contributed by atoms with Gasteiger partial charge in [-0.05, 0) is 34.6 Å². The third-order valence-electron chi connectivity index (χ3n) is 2.50. The van der Waals surface area contributed by atoms with E-state index in [1.165, 1.54) is 5.01 Å². The molecule has 0 aromatic carbocycles. The van der Waals surface area contributed by atoms with Gasteiger partial charge >= 0.3 is 6.09 Å². The van der Waals surface area contributed by atoms with Crippen LogP contribution < -0.4 is 5.32 Å². The summed E-state index contributed by atoms with van der Waals surface area (Å²) in [4.78, 5) is 23.5. The normalized spacial score (nSPS) is 24.7. The lowest BCUT2D eigenvalue weighted by Gasteiger charge is -2.27. The van der Waals surface area contributed by atoms with Gasteiger partial charge in [0.15, 0.2) is 5.54 Å². The van der Waals surface area contributed by atoms with Gasteiger partial charge in [0.25, 0.3) is 5.91 Å². The summed E-state index contributed by atoms with van der Waals surface area (Å²) in [6, 6.07) is 0. The van der Waals surface area contributed by atoms with E-state index >= 15 is 0 Å². The Morgan fingerprint density at radius 1 is 1.47 bits per heavy atom. The van der Waals surface area contributed by atoms with Crippen molar-refractivity contribution >= 4 is 17.7 Å². The van der Waals surface area contributed by atoms with Crippen LogP contribution in [-0.2, 0) is 9.53 Å². The van der Waals surface area contributed by atoms with Gasteiger partial charge in [-0.2, -0.15) is 5.10 Å². The molecule has 1 atom stereocenters. The van der Waals surface area contributed by atoms with Gasteiger partial charge < -0.3 is 10.1 Å². The Bertz CT molecular complexity index is 384. The Balaban J connectivity index is 2.78. The molecule has 0 aromatic heterocycles. The highest BCUT2D eigenvalue weighted by atomic mass is 16.6. The maximum absolute atomic E-state index is 11.9. The van der Waals surface area contributed by atoms with Crippen molar-refractivity contribution < 1.29 is 14.3 Å². The Morgan fingerprint density at radius 3 is 2.35 bits per heavy atom. The highest BCUT2D eigenvalue weighted by Crippen LogP contribution is 2.19. The number of hydrogen-bond acceptors (Lipinski definition) is 4. The summed E-state index contributed by atoms with van der Waals surface area (Å²) in [6.07, 6.45) is -0.627. The minimum absolute atomic E-state index is 0.277. The fraction of sp³-hybridized carbons (Fsp3) is 0.727. The number of amides is 2. The van der Waals surface area contributed by atoms with E-state index in [0.717, 1.165) is 0 Å². The zero-order chi connectivity index (χ0) is 13.4. The third kappa shape index (κ3) is 2.75. The number of ether oxygens (including phenoxy) is 1. The second-order valence-corrected chi connectivity index (χ2v) is 5.27. The molecule has 1 aliphatic rings. The van der Waals surface area contributed by atoms with Crippen LogP contribution in [0.5, 0.6) is 0 Å². The van der Waals surface area contributed by atoms with Crippen LogP contribution in [-0.4, -0.2) is 40.9 Å². The van der Waals surface area contributed by atoms with Gasteiger partial charge in [0, 0.05) is 7.05 Å². The van der Waals surface area contributed by atoms with E-state index in [4.69, 9.17) is 4.74 Å². The van der Waals surface area contributed by atoms with Crippen molar-refractivity contribution in [3.8, 4) is 0 Å². The number of nitrogens with zero attached hydrogens (tertiary/aromatic N) is 2. The quantitative estimate of drug-likeness (QED) is 0.747. The predicted octanol–water partition coefficient (Wildman–Crippen LogP) is 1.12. The minimum Gasteiger partial charge on any atom is -0.444 e. The number of likely N-dealkylation sites (N-methyl/N-ethyl adjacent to an activating group) is 1. The van der Waals surface area contributed by atoms with Crippen molar-refractivity contribution in [2.24, 2.45) is 5.10 Å². The molecule has 6 nitrogen and oxygen atoms in total. The topological polar surface area (TPSA) is 71.0 Å². The summed E-state index contributed by atoms with van der Waals surface area (Å²) in [6.45, 7) is 8.59. The molecule has 1 rings (SSSR count). The van der Waals surface area contributed by atoms with Crippen molar-refractivity contribution in [3.63, 3.8) is 0 Å². The van der Waals surface area contributed by atoms with Gasteiger partial charge in [0.2, 0.25) is 0 Å². The number of hydrazone groups is 1. The molecule has 1 unspecified atom stereocenters. The van der Waals surface area contributed by atoms with E-state index in [-0.39, 0.29) is 5.91 Å². The van der Waals surface area contributed by atoms with Crippen LogP contribution in [0.2, 0.25) is 0 Å².